The third-order valence-electron chi connectivity index (χ3n) is 6.25. The summed E-state index contributed by atoms with van der Waals surface area (Å²) in [6.45, 7) is 8.18. The molecule has 3 rings (SSSR count). The van der Waals surface area contributed by atoms with Crippen LogP contribution in [0.3, 0.4) is 0 Å². The minimum absolute atomic E-state index is 0.0464. The second-order valence-electron chi connectivity index (χ2n) is 10.7. The summed E-state index contributed by atoms with van der Waals surface area (Å²) in [4.78, 5) is 26.4. The number of nitrogens with zero attached hydrogens (tertiary/aromatic N) is 1. The zero-order chi connectivity index (χ0) is 29.3. The Morgan fingerprint density at radius 1 is 0.950 bits per heavy atom. The largest absolute Gasteiger partial charge is 0.493 e. The average Bonchev–Trinajstić information content (AvgIpc) is 2.88. The summed E-state index contributed by atoms with van der Waals surface area (Å²) in [6.07, 6.45) is -2.83. The molecule has 0 bridgehead atoms. The third kappa shape index (κ3) is 9.93. The molecule has 1 aliphatic rings. The summed E-state index contributed by atoms with van der Waals surface area (Å²) in [5.74, 6) is 0.729. The van der Waals surface area contributed by atoms with Gasteiger partial charge in [0, 0.05) is 38.3 Å². The van der Waals surface area contributed by atoms with Crippen LogP contribution in [-0.2, 0) is 17.5 Å². The molecule has 1 heterocycles. The smallest absolute Gasteiger partial charge is 0.416 e. The Morgan fingerprint density at radius 3 is 2.20 bits per heavy atom. The second kappa shape index (κ2) is 13.7. The van der Waals surface area contributed by atoms with E-state index in [0.29, 0.717) is 43.1 Å². The van der Waals surface area contributed by atoms with Crippen molar-refractivity contribution in [1.82, 2.24) is 15.5 Å². The molecule has 220 valence electrons. The van der Waals surface area contributed by atoms with E-state index in [9.17, 15) is 22.8 Å². The molecule has 2 N–H and O–H groups in total. The molecule has 0 unspecified atom stereocenters. The van der Waals surface area contributed by atoms with Gasteiger partial charge in [-0.2, -0.15) is 13.2 Å². The van der Waals surface area contributed by atoms with Crippen molar-refractivity contribution in [3.05, 3.63) is 59.2 Å². The number of carbonyl (C=O) groups is 2. The highest BCUT2D eigenvalue weighted by atomic mass is 19.4. The van der Waals surface area contributed by atoms with Crippen LogP contribution in [0, 0.1) is 0 Å². The van der Waals surface area contributed by atoms with Crippen molar-refractivity contribution in [2.45, 2.75) is 64.5 Å². The maximum Gasteiger partial charge on any atom is 0.416 e. The van der Waals surface area contributed by atoms with Crippen LogP contribution in [0.5, 0.6) is 11.5 Å². The molecule has 0 radical (unpaired) electrons. The van der Waals surface area contributed by atoms with Crippen molar-refractivity contribution in [2.75, 3.05) is 33.3 Å². The van der Waals surface area contributed by atoms with E-state index in [4.69, 9.17) is 14.2 Å². The Bertz CT molecular complexity index is 1130. The van der Waals surface area contributed by atoms with Gasteiger partial charge in [0.05, 0.1) is 12.7 Å². The molecule has 1 saturated heterocycles. The SMILES string of the molecule is COc1cc(C(=O)NCCCNC(=O)OC(C)(C)C)ccc1OC1CCN(Cc2ccc(C(F)(F)F)cc2)CC1. The maximum atomic E-state index is 12.8. The Kier molecular flexibility index (Phi) is 10.7. The highest BCUT2D eigenvalue weighted by Crippen LogP contribution is 2.32. The van der Waals surface area contributed by atoms with E-state index in [1.807, 2.05) is 0 Å². The monoisotopic (exact) mass is 565 g/mol. The molecule has 11 heteroatoms. The van der Waals surface area contributed by atoms with Gasteiger partial charge in [-0.3, -0.25) is 9.69 Å². The lowest BCUT2D eigenvalue weighted by Crippen LogP contribution is -2.37. The van der Waals surface area contributed by atoms with E-state index in [-0.39, 0.29) is 12.0 Å². The Balaban J connectivity index is 1.42. The molecule has 1 fully saturated rings. The van der Waals surface area contributed by atoms with E-state index in [0.717, 1.165) is 43.6 Å². The fraction of sp³-hybridized carbons (Fsp3) is 0.517. The number of nitrogens with one attached hydrogen (secondary N) is 2. The highest BCUT2D eigenvalue weighted by Gasteiger charge is 2.30. The number of carbonyl (C=O) groups excluding carboxylic acids is 2. The molecule has 40 heavy (non-hydrogen) atoms. The summed E-state index contributed by atoms with van der Waals surface area (Å²) >= 11 is 0. The van der Waals surface area contributed by atoms with Gasteiger partial charge < -0.3 is 24.8 Å². The lowest BCUT2D eigenvalue weighted by Gasteiger charge is -2.32. The number of likely N-dealkylation sites (tertiary alicyclic amines) is 1. The fourth-order valence-electron chi connectivity index (χ4n) is 4.23. The number of ether oxygens (including phenoxy) is 3. The Hall–Kier alpha value is -3.47. The first-order chi connectivity index (χ1) is 18.8. The van der Waals surface area contributed by atoms with Gasteiger partial charge in [-0.25, -0.2) is 4.79 Å². The summed E-state index contributed by atoms with van der Waals surface area (Å²) < 4.78 is 55.2. The van der Waals surface area contributed by atoms with E-state index in [1.54, 1.807) is 39.0 Å². The number of alkyl halides is 3. The number of hydrogen-bond acceptors (Lipinski definition) is 6. The number of amides is 2. The van der Waals surface area contributed by atoms with Crippen LogP contribution in [0.4, 0.5) is 18.0 Å². The van der Waals surface area contributed by atoms with Crippen molar-refractivity contribution in [3.8, 4) is 11.5 Å². The molecular formula is C29H38F3N3O5. The van der Waals surface area contributed by atoms with Crippen LogP contribution >= 0.6 is 0 Å². The quantitative estimate of drug-likeness (QED) is 0.375. The predicted octanol–water partition coefficient (Wildman–Crippen LogP) is 5.40. The Labute approximate surface area is 233 Å². The molecule has 0 atom stereocenters. The predicted molar refractivity (Wildman–Crippen MR) is 145 cm³/mol. The van der Waals surface area contributed by atoms with Crippen LogP contribution in [0.25, 0.3) is 0 Å². The summed E-state index contributed by atoms with van der Waals surface area (Å²) in [6, 6.07) is 10.3. The first-order valence-corrected chi connectivity index (χ1v) is 13.3. The van der Waals surface area contributed by atoms with E-state index in [2.05, 4.69) is 15.5 Å². The number of rotatable bonds is 10. The van der Waals surface area contributed by atoms with Crippen molar-refractivity contribution in [2.24, 2.45) is 0 Å². The zero-order valence-corrected chi connectivity index (χ0v) is 23.4. The molecule has 2 amide bonds. The molecule has 0 saturated carbocycles. The lowest BCUT2D eigenvalue weighted by atomic mass is 10.1. The fourth-order valence-corrected chi connectivity index (χ4v) is 4.23. The molecular weight excluding hydrogens is 527 g/mol. The van der Waals surface area contributed by atoms with E-state index in [1.165, 1.54) is 19.2 Å². The van der Waals surface area contributed by atoms with Crippen LogP contribution in [0.1, 0.15) is 61.5 Å². The van der Waals surface area contributed by atoms with Gasteiger partial charge in [-0.05, 0) is 75.9 Å². The van der Waals surface area contributed by atoms with Crippen LogP contribution < -0.4 is 20.1 Å². The first kappa shape index (κ1) is 31.1. The van der Waals surface area contributed by atoms with Crippen molar-refractivity contribution in [1.29, 1.82) is 0 Å². The van der Waals surface area contributed by atoms with Crippen LogP contribution in [0.2, 0.25) is 0 Å². The molecule has 0 aromatic heterocycles. The van der Waals surface area contributed by atoms with Crippen LogP contribution in [0.15, 0.2) is 42.5 Å². The zero-order valence-electron chi connectivity index (χ0n) is 23.4. The van der Waals surface area contributed by atoms with Gasteiger partial charge >= 0.3 is 12.3 Å². The highest BCUT2D eigenvalue weighted by molar-refractivity contribution is 5.94. The maximum absolute atomic E-state index is 12.8. The summed E-state index contributed by atoms with van der Waals surface area (Å²) in [5.41, 5.74) is 0.0504. The van der Waals surface area contributed by atoms with Crippen molar-refractivity contribution < 1.29 is 37.0 Å². The minimum Gasteiger partial charge on any atom is -0.493 e. The van der Waals surface area contributed by atoms with E-state index < -0.39 is 23.4 Å². The van der Waals surface area contributed by atoms with Gasteiger partial charge in [0.1, 0.15) is 11.7 Å². The number of benzene rings is 2. The van der Waals surface area contributed by atoms with Gasteiger partial charge in [0.15, 0.2) is 11.5 Å². The number of methoxy groups -OCH3 is 1. The topological polar surface area (TPSA) is 89.1 Å². The third-order valence-corrected chi connectivity index (χ3v) is 6.25. The van der Waals surface area contributed by atoms with Crippen LogP contribution in [-0.4, -0.2) is 61.9 Å². The molecule has 8 nitrogen and oxygen atoms in total. The van der Waals surface area contributed by atoms with Gasteiger partial charge in [0.2, 0.25) is 0 Å². The minimum atomic E-state index is -4.33. The number of piperidine rings is 1. The van der Waals surface area contributed by atoms with Crippen molar-refractivity contribution in [3.63, 3.8) is 0 Å². The average molecular weight is 566 g/mol. The molecule has 0 aliphatic carbocycles. The second-order valence-corrected chi connectivity index (χ2v) is 10.7. The normalized spacial score (nSPS) is 14.9. The molecule has 1 aliphatic heterocycles. The molecule has 2 aromatic carbocycles. The lowest BCUT2D eigenvalue weighted by molar-refractivity contribution is -0.137. The van der Waals surface area contributed by atoms with Gasteiger partial charge in [0.25, 0.3) is 5.91 Å². The molecule has 0 spiro atoms. The molecule has 2 aromatic rings. The summed E-state index contributed by atoms with van der Waals surface area (Å²) in [7, 11) is 1.51. The van der Waals surface area contributed by atoms with Gasteiger partial charge in [-0.15, -0.1) is 0 Å². The summed E-state index contributed by atoms with van der Waals surface area (Å²) in [5, 5.41) is 5.47. The first-order valence-electron chi connectivity index (χ1n) is 13.3. The Morgan fingerprint density at radius 2 is 1.60 bits per heavy atom. The standard InChI is InChI=1S/C29H38F3N3O5/c1-28(2,3)40-27(37)34-15-5-14-33-26(36)21-8-11-24(25(18-21)38-4)39-23-12-16-35(17-13-23)19-20-6-9-22(10-7-20)29(30,31)32/h6-11,18,23H,5,12-17,19H2,1-4H3,(H,33,36)(H,34,37). The number of halogens is 3. The number of hydrogen-bond donors (Lipinski definition) is 2. The van der Waals surface area contributed by atoms with E-state index >= 15 is 0 Å². The van der Waals surface area contributed by atoms with Gasteiger partial charge in [-0.1, -0.05) is 12.1 Å². The van der Waals surface area contributed by atoms with Crippen molar-refractivity contribution >= 4 is 12.0 Å². The number of alkyl carbamates (subject to hydrolysis) is 1.